The number of aromatic hydroxyl groups is 1. The zero-order valence-electron chi connectivity index (χ0n) is 14.5. The van der Waals surface area contributed by atoms with E-state index in [1.165, 1.54) is 0 Å². The Kier molecular flexibility index (Phi) is 4.59. The maximum Gasteiger partial charge on any atom is 0.162 e. The summed E-state index contributed by atoms with van der Waals surface area (Å²) in [5.74, 6) is 2.96. The highest BCUT2D eigenvalue weighted by atomic mass is 16.5. The predicted molar refractivity (Wildman–Crippen MR) is 91.6 cm³/mol. The lowest BCUT2D eigenvalue weighted by atomic mass is 10.1. The number of methoxy groups -OCH3 is 1. The molecule has 2 aliphatic rings. The van der Waals surface area contributed by atoms with Crippen molar-refractivity contribution in [2.45, 2.75) is 38.5 Å². The van der Waals surface area contributed by atoms with Crippen LogP contribution in [0.5, 0.6) is 11.5 Å². The maximum atomic E-state index is 10.2. The molecule has 0 radical (unpaired) electrons. The van der Waals surface area contributed by atoms with Crippen molar-refractivity contribution in [3.63, 3.8) is 0 Å². The maximum absolute atomic E-state index is 10.2. The largest absolute Gasteiger partial charge is 0.507 e. The second-order valence-electron chi connectivity index (χ2n) is 6.65. The molecule has 1 atom stereocenters. The minimum Gasteiger partial charge on any atom is -0.507 e. The zero-order chi connectivity index (χ0) is 17.2. The predicted octanol–water partition coefficient (Wildman–Crippen LogP) is 1.90. The zero-order valence-corrected chi connectivity index (χ0v) is 14.5. The molecule has 3 heterocycles. The van der Waals surface area contributed by atoms with Gasteiger partial charge in [-0.15, -0.1) is 10.2 Å². The summed E-state index contributed by atoms with van der Waals surface area (Å²) in [7, 11) is 1.60. The normalized spacial score (nSPS) is 21.1. The van der Waals surface area contributed by atoms with E-state index in [4.69, 9.17) is 9.47 Å². The number of nitrogens with zero attached hydrogens (tertiary/aromatic N) is 4. The van der Waals surface area contributed by atoms with Crippen LogP contribution in [-0.2, 0) is 24.2 Å². The molecule has 1 unspecified atom stereocenters. The van der Waals surface area contributed by atoms with Gasteiger partial charge < -0.3 is 19.1 Å². The van der Waals surface area contributed by atoms with Gasteiger partial charge in [0.05, 0.1) is 7.11 Å². The number of rotatable bonds is 4. The van der Waals surface area contributed by atoms with E-state index in [0.29, 0.717) is 12.3 Å². The molecule has 1 saturated heterocycles. The molecule has 0 spiro atoms. The summed E-state index contributed by atoms with van der Waals surface area (Å²) in [5.41, 5.74) is 0.915. The third-order valence-electron chi connectivity index (χ3n) is 5.05. The van der Waals surface area contributed by atoms with Gasteiger partial charge in [0.15, 0.2) is 5.82 Å². The highest BCUT2D eigenvalue weighted by molar-refractivity contribution is 5.39. The van der Waals surface area contributed by atoms with Gasteiger partial charge >= 0.3 is 0 Å². The van der Waals surface area contributed by atoms with Gasteiger partial charge in [-0.3, -0.25) is 4.90 Å². The Hall–Kier alpha value is -2.12. The highest BCUT2D eigenvalue weighted by Crippen LogP contribution is 2.29. The first-order valence-electron chi connectivity index (χ1n) is 8.86. The lowest BCUT2D eigenvalue weighted by Gasteiger charge is -2.20. The molecule has 134 valence electrons. The molecule has 1 N–H and O–H groups in total. The molecule has 2 aliphatic heterocycles. The van der Waals surface area contributed by atoms with Crippen LogP contribution < -0.4 is 4.74 Å². The second kappa shape index (κ2) is 7.01. The van der Waals surface area contributed by atoms with Crippen molar-refractivity contribution in [1.82, 2.24) is 19.7 Å². The highest BCUT2D eigenvalue weighted by Gasteiger charge is 2.27. The van der Waals surface area contributed by atoms with Gasteiger partial charge in [-0.05, 0) is 18.9 Å². The summed E-state index contributed by atoms with van der Waals surface area (Å²) in [6.45, 7) is 4.18. The minimum absolute atomic E-state index is 0.0958. The van der Waals surface area contributed by atoms with Gasteiger partial charge in [0.2, 0.25) is 0 Å². The standard InChI is InChI=1S/C18H24N4O3/c1-24-14-5-4-13(15(23)11-14)12-21-7-6-17-19-20-18(22(17)9-8-21)16-3-2-10-25-16/h4-5,11,16,23H,2-3,6-10,12H2,1H3. The third-order valence-corrected chi connectivity index (χ3v) is 5.05. The van der Waals surface area contributed by atoms with E-state index in [2.05, 4.69) is 19.7 Å². The molecule has 0 amide bonds. The molecule has 7 heteroatoms. The van der Waals surface area contributed by atoms with Crippen molar-refractivity contribution in [2.75, 3.05) is 26.8 Å². The molecule has 0 aliphatic carbocycles. The van der Waals surface area contributed by atoms with Gasteiger partial charge in [0.25, 0.3) is 0 Å². The Morgan fingerprint density at radius 2 is 2.20 bits per heavy atom. The fourth-order valence-corrected chi connectivity index (χ4v) is 3.61. The van der Waals surface area contributed by atoms with Gasteiger partial charge in [-0.2, -0.15) is 0 Å². The number of hydrogen-bond donors (Lipinski definition) is 1. The van der Waals surface area contributed by atoms with Crippen LogP contribution >= 0.6 is 0 Å². The summed E-state index contributed by atoms with van der Waals surface area (Å²) in [5, 5.41) is 19.0. The smallest absolute Gasteiger partial charge is 0.162 e. The number of aromatic nitrogens is 3. The number of fused-ring (bicyclic) bond motifs is 1. The van der Waals surface area contributed by atoms with E-state index in [-0.39, 0.29) is 11.9 Å². The first kappa shape index (κ1) is 16.4. The molecule has 4 rings (SSSR count). The van der Waals surface area contributed by atoms with Crippen LogP contribution in [0.25, 0.3) is 0 Å². The average molecular weight is 344 g/mol. The van der Waals surface area contributed by atoms with E-state index in [0.717, 1.165) is 62.7 Å². The quantitative estimate of drug-likeness (QED) is 0.913. The molecule has 1 aromatic heterocycles. The molecular weight excluding hydrogens is 320 g/mol. The van der Waals surface area contributed by atoms with Crippen molar-refractivity contribution < 1.29 is 14.6 Å². The molecule has 0 bridgehead atoms. The summed E-state index contributed by atoms with van der Waals surface area (Å²) < 4.78 is 13.2. The Morgan fingerprint density at radius 3 is 2.96 bits per heavy atom. The van der Waals surface area contributed by atoms with Crippen LogP contribution in [0, 0.1) is 0 Å². The van der Waals surface area contributed by atoms with E-state index in [1.807, 2.05) is 12.1 Å². The number of hydrogen-bond acceptors (Lipinski definition) is 6. The Bertz CT molecular complexity index is 740. The van der Waals surface area contributed by atoms with E-state index < -0.39 is 0 Å². The van der Waals surface area contributed by atoms with Crippen molar-refractivity contribution in [2.24, 2.45) is 0 Å². The molecule has 2 aromatic rings. The summed E-state index contributed by atoms with van der Waals surface area (Å²) >= 11 is 0. The third kappa shape index (κ3) is 3.34. The topological polar surface area (TPSA) is 72.6 Å². The van der Waals surface area contributed by atoms with Crippen LogP contribution in [0.15, 0.2) is 18.2 Å². The van der Waals surface area contributed by atoms with E-state index in [1.54, 1.807) is 13.2 Å². The molecular formula is C18H24N4O3. The van der Waals surface area contributed by atoms with Crippen LogP contribution in [0.4, 0.5) is 0 Å². The lowest BCUT2D eigenvalue weighted by molar-refractivity contribution is 0.101. The van der Waals surface area contributed by atoms with Crippen LogP contribution in [0.3, 0.4) is 0 Å². The van der Waals surface area contributed by atoms with Crippen molar-refractivity contribution in [3.05, 3.63) is 35.4 Å². The van der Waals surface area contributed by atoms with E-state index in [9.17, 15) is 5.11 Å². The first-order chi connectivity index (χ1) is 12.2. The molecule has 0 saturated carbocycles. The van der Waals surface area contributed by atoms with Crippen molar-refractivity contribution >= 4 is 0 Å². The average Bonchev–Trinajstić information content (AvgIpc) is 3.24. The summed E-state index contributed by atoms with van der Waals surface area (Å²) in [6, 6.07) is 5.48. The monoisotopic (exact) mass is 344 g/mol. The number of ether oxygens (including phenoxy) is 2. The number of phenolic OH excluding ortho intramolecular Hbond substituents is 1. The number of benzene rings is 1. The molecule has 1 fully saturated rings. The Labute approximate surface area is 147 Å². The number of phenols is 1. The molecule has 1 aromatic carbocycles. The van der Waals surface area contributed by atoms with Crippen LogP contribution in [-0.4, -0.2) is 51.6 Å². The van der Waals surface area contributed by atoms with Crippen LogP contribution in [0.1, 0.15) is 36.2 Å². The summed E-state index contributed by atoms with van der Waals surface area (Å²) in [6.07, 6.45) is 3.08. The van der Waals surface area contributed by atoms with E-state index >= 15 is 0 Å². The second-order valence-corrected chi connectivity index (χ2v) is 6.65. The lowest BCUT2D eigenvalue weighted by Crippen LogP contribution is -2.27. The van der Waals surface area contributed by atoms with Crippen molar-refractivity contribution in [3.8, 4) is 11.5 Å². The fourth-order valence-electron chi connectivity index (χ4n) is 3.61. The van der Waals surface area contributed by atoms with Gasteiger partial charge in [-0.1, -0.05) is 6.07 Å². The Balaban J connectivity index is 1.45. The van der Waals surface area contributed by atoms with Crippen molar-refractivity contribution in [1.29, 1.82) is 0 Å². The first-order valence-corrected chi connectivity index (χ1v) is 8.86. The SMILES string of the molecule is COc1ccc(CN2CCc3nnc(C4CCCO4)n3CC2)c(O)c1. The summed E-state index contributed by atoms with van der Waals surface area (Å²) in [4.78, 5) is 2.34. The van der Waals surface area contributed by atoms with Gasteiger partial charge in [0, 0.05) is 50.8 Å². The van der Waals surface area contributed by atoms with Gasteiger partial charge in [0.1, 0.15) is 23.4 Å². The van der Waals surface area contributed by atoms with Crippen LogP contribution in [0.2, 0.25) is 0 Å². The van der Waals surface area contributed by atoms with Gasteiger partial charge in [-0.25, -0.2) is 0 Å². The Morgan fingerprint density at radius 1 is 1.28 bits per heavy atom. The molecule has 25 heavy (non-hydrogen) atoms. The fraction of sp³-hybridized carbons (Fsp3) is 0.556. The minimum atomic E-state index is 0.0958. The molecule has 7 nitrogen and oxygen atoms in total.